The van der Waals surface area contributed by atoms with Crippen molar-refractivity contribution in [3.05, 3.63) is 34.4 Å². The monoisotopic (exact) mass is 345 g/mol. The van der Waals surface area contributed by atoms with Crippen molar-refractivity contribution in [2.45, 2.75) is 52.1 Å². The first-order valence-corrected chi connectivity index (χ1v) is 9.78. The van der Waals surface area contributed by atoms with Gasteiger partial charge in [-0.25, -0.2) is 4.98 Å². The van der Waals surface area contributed by atoms with Crippen LogP contribution in [0.1, 0.15) is 43.8 Å². The molecule has 0 amide bonds. The van der Waals surface area contributed by atoms with Crippen LogP contribution in [0.25, 0.3) is 0 Å². The van der Waals surface area contributed by atoms with Crippen molar-refractivity contribution in [2.75, 3.05) is 18.0 Å². The maximum Gasteiger partial charge on any atom is 0.151 e. The van der Waals surface area contributed by atoms with Crippen molar-refractivity contribution >= 4 is 17.2 Å². The number of anilines is 1. The average Bonchev–Trinajstić information content (AvgIpc) is 3.23. The Morgan fingerprint density at radius 1 is 1.42 bits per heavy atom. The molecule has 2 aromatic rings. The van der Waals surface area contributed by atoms with E-state index in [1.54, 1.807) is 17.5 Å². The highest BCUT2D eigenvalue weighted by atomic mass is 32.1. The number of hydrogen-bond acceptors (Lipinski definition) is 6. The molecule has 5 nitrogen and oxygen atoms in total. The number of aromatic nitrogens is 3. The molecule has 0 aliphatic carbocycles. The van der Waals surface area contributed by atoms with Gasteiger partial charge < -0.3 is 10.2 Å². The second kappa shape index (κ2) is 8.53. The Kier molecular flexibility index (Phi) is 6.15. The first kappa shape index (κ1) is 17.3. The van der Waals surface area contributed by atoms with Gasteiger partial charge in [0.1, 0.15) is 0 Å². The SMILES string of the molecule is CC(C)CCc1nc(CNC[C@@H]2CCCN2c2cccnn2)cs1. The van der Waals surface area contributed by atoms with Gasteiger partial charge in [0.25, 0.3) is 0 Å². The maximum absolute atomic E-state index is 4.74. The number of hydrogen-bond donors (Lipinski definition) is 1. The van der Waals surface area contributed by atoms with Crippen LogP contribution in [0.2, 0.25) is 0 Å². The summed E-state index contributed by atoms with van der Waals surface area (Å²) in [5.41, 5.74) is 1.17. The van der Waals surface area contributed by atoms with Crippen LogP contribution in [-0.2, 0) is 13.0 Å². The van der Waals surface area contributed by atoms with Gasteiger partial charge >= 0.3 is 0 Å². The first-order chi connectivity index (χ1) is 11.7. The van der Waals surface area contributed by atoms with Crippen LogP contribution in [0, 0.1) is 5.92 Å². The second-order valence-corrected chi connectivity index (χ2v) is 7.81. The highest BCUT2D eigenvalue weighted by molar-refractivity contribution is 7.09. The lowest BCUT2D eigenvalue weighted by Gasteiger charge is -2.25. The number of nitrogens with one attached hydrogen (secondary N) is 1. The van der Waals surface area contributed by atoms with Crippen LogP contribution in [0.4, 0.5) is 5.82 Å². The zero-order valence-electron chi connectivity index (χ0n) is 14.6. The highest BCUT2D eigenvalue weighted by Gasteiger charge is 2.25. The third-order valence-electron chi connectivity index (χ3n) is 4.45. The van der Waals surface area contributed by atoms with Gasteiger partial charge in [0.15, 0.2) is 5.82 Å². The molecule has 1 aliphatic rings. The lowest BCUT2D eigenvalue weighted by atomic mass is 10.1. The summed E-state index contributed by atoms with van der Waals surface area (Å²) in [6.07, 6.45) is 6.48. The number of thiazole rings is 1. The highest BCUT2D eigenvalue weighted by Crippen LogP contribution is 2.22. The average molecular weight is 346 g/mol. The summed E-state index contributed by atoms with van der Waals surface area (Å²) in [6.45, 7) is 7.42. The zero-order valence-corrected chi connectivity index (χ0v) is 15.4. The Morgan fingerprint density at radius 2 is 2.33 bits per heavy atom. The van der Waals surface area contributed by atoms with E-state index in [4.69, 9.17) is 4.98 Å². The predicted octanol–water partition coefficient (Wildman–Crippen LogP) is 3.28. The van der Waals surface area contributed by atoms with Gasteiger partial charge in [0.2, 0.25) is 0 Å². The molecule has 6 heteroatoms. The van der Waals surface area contributed by atoms with E-state index in [1.807, 2.05) is 12.1 Å². The summed E-state index contributed by atoms with van der Waals surface area (Å²) in [4.78, 5) is 7.11. The fourth-order valence-corrected chi connectivity index (χ4v) is 3.93. The quantitative estimate of drug-likeness (QED) is 0.796. The second-order valence-electron chi connectivity index (χ2n) is 6.87. The Bertz CT molecular complexity index is 613. The number of rotatable bonds is 8. The van der Waals surface area contributed by atoms with E-state index in [2.05, 4.69) is 39.6 Å². The minimum Gasteiger partial charge on any atom is -0.351 e. The minimum atomic E-state index is 0.501. The van der Waals surface area contributed by atoms with Gasteiger partial charge in [-0.3, -0.25) is 0 Å². The molecular weight excluding hydrogens is 318 g/mol. The topological polar surface area (TPSA) is 53.9 Å². The Morgan fingerprint density at radius 3 is 3.12 bits per heavy atom. The molecule has 0 radical (unpaired) electrons. The molecule has 1 fully saturated rings. The fraction of sp³-hybridized carbons (Fsp3) is 0.611. The standard InChI is InChI=1S/C18H27N5S/c1-14(2)7-8-18-21-15(13-24-18)11-19-12-16-5-4-10-23(16)17-6-3-9-20-22-17/h3,6,9,13-14,16,19H,4-5,7-8,10-12H2,1-2H3/t16-/m0/s1. The number of nitrogens with zero attached hydrogens (tertiary/aromatic N) is 4. The lowest BCUT2D eigenvalue weighted by molar-refractivity contribution is 0.563. The van der Waals surface area contributed by atoms with Gasteiger partial charge in [-0.05, 0) is 43.7 Å². The van der Waals surface area contributed by atoms with Gasteiger partial charge in [0, 0.05) is 37.3 Å². The molecule has 0 saturated carbocycles. The molecule has 3 heterocycles. The molecule has 0 aromatic carbocycles. The van der Waals surface area contributed by atoms with Crippen molar-refractivity contribution in [3.8, 4) is 0 Å². The van der Waals surface area contributed by atoms with E-state index in [1.165, 1.54) is 30.0 Å². The van der Waals surface area contributed by atoms with Crippen LogP contribution in [0.5, 0.6) is 0 Å². The fourth-order valence-electron chi connectivity index (χ4n) is 3.12. The van der Waals surface area contributed by atoms with Gasteiger partial charge in [0.05, 0.1) is 10.7 Å². The van der Waals surface area contributed by atoms with E-state index in [-0.39, 0.29) is 0 Å². The van der Waals surface area contributed by atoms with E-state index in [9.17, 15) is 0 Å². The molecule has 1 atom stereocenters. The van der Waals surface area contributed by atoms with Crippen molar-refractivity contribution in [3.63, 3.8) is 0 Å². The van der Waals surface area contributed by atoms with Crippen LogP contribution in [0.3, 0.4) is 0 Å². The van der Waals surface area contributed by atoms with Crippen LogP contribution in [-0.4, -0.2) is 34.3 Å². The molecule has 130 valence electrons. The summed E-state index contributed by atoms with van der Waals surface area (Å²) in [7, 11) is 0. The summed E-state index contributed by atoms with van der Waals surface area (Å²) in [6, 6.07) is 4.51. The molecule has 24 heavy (non-hydrogen) atoms. The lowest BCUT2D eigenvalue weighted by Crippen LogP contribution is -2.38. The van der Waals surface area contributed by atoms with E-state index < -0.39 is 0 Å². The van der Waals surface area contributed by atoms with Gasteiger partial charge in [-0.1, -0.05) is 13.8 Å². The van der Waals surface area contributed by atoms with Gasteiger partial charge in [-0.15, -0.1) is 16.4 Å². The Labute approximate surface area is 148 Å². The molecule has 2 aromatic heterocycles. The van der Waals surface area contributed by atoms with Crippen molar-refractivity contribution < 1.29 is 0 Å². The third-order valence-corrected chi connectivity index (χ3v) is 5.41. The van der Waals surface area contributed by atoms with Crippen molar-refractivity contribution in [1.29, 1.82) is 0 Å². The number of aryl methyl sites for hydroxylation is 1. The van der Waals surface area contributed by atoms with Crippen LogP contribution >= 0.6 is 11.3 Å². The predicted molar refractivity (Wildman–Crippen MR) is 99.4 cm³/mol. The Balaban J connectivity index is 1.46. The summed E-state index contributed by atoms with van der Waals surface area (Å²) in [5.74, 6) is 1.73. The molecule has 0 unspecified atom stereocenters. The molecular formula is C18H27N5S. The van der Waals surface area contributed by atoms with E-state index in [0.717, 1.165) is 37.8 Å². The minimum absolute atomic E-state index is 0.501. The summed E-state index contributed by atoms with van der Waals surface area (Å²) < 4.78 is 0. The smallest absolute Gasteiger partial charge is 0.151 e. The van der Waals surface area contributed by atoms with Gasteiger partial charge in [-0.2, -0.15) is 5.10 Å². The largest absolute Gasteiger partial charge is 0.351 e. The maximum atomic E-state index is 4.74. The van der Waals surface area contributed by atoms with Crippen molar-refractivity contribution in [1.82, 2.24) is 20.5 Å². The molecule has 1 saturated heterocycles. The summed E-state index contributed by atoms with van der Waals surface area (Å²) in [5, 5.41) is 15.3. The molecule has 3 rings (SSSR count). The molecule has 1 N–H and O–H groups in total. The zero-order chi connectivity index (χ0) is 16.8. The molecule has 0 bridgehead atoms. The van der Waals surface area contributed by atoms with E-state index >= 15 is 0 Å². The molecule has 0 spiro atoms. The first-order valence-electron chi connectivity index (χ1n) is 8.90. The third kappa shape index (κ3) is 4.74. The van der Waals surface area contributed by atoms with E-state index in [0.29, 0.717) is 6.04 Å². The summed E-state index contributed by atoms with van der Waals surface area (Å²) >= 11 is 1.79. The normalized spacial score (nSPS) is 17.8. The van der Waals surface area contributed by atoms with Crippen LogP contribution < -0.4 is 10.2 Å². The van der Waals surface area contributed by atoms with Crippen LogP contribution in [0.15, 0.2) is 23.7 Å². The van der Waals surface area contributed by atoms with Crippen molar-refractivity contribution in [2.24, 2.45) is 5.92 Å². The Hall–Kier alpha value is -1.53. The molecule has 1 aliphatic heterocycles.